The van der Waals surface area contributed by atoms with Gasteiger partial charge in [0.2, 0.25) is 12.1 Å². The molecule has 1 saturated heterocycles. The van der Waals surface area contributed by atoms with E-state index in [2.05, 4.69) is 56.8 Å². The third kappa shape index (κ3) is 13.5. The Balaban J connectivity index is 1.29. The van der Waals surface area contributed by atoms with Gasteiger partial charge in [-0.3, -0.25) is 4.90 Å². The number of ether oxygens (including phenoxy) is 5. The highest BCUT2D eigenvalue weighted by atomic mass is 16.8. The number of amides is 1. The zero-order valence-electron chi connectivity index (χ0n) is 41.8. The maximum Gasteiger partial charge on any atom is 0.410 e. The van der Waals surface area contributed by atoms with Crippen molar-refractivity contribution in [2.24, 2.45) is 22.9 Å². The highest BCUT2D eigenvalue weighted by molar-refractivity contribution is 6.03. The first kappa shape index (κ1) is 52.4. The monoisotopic (exact) mass is 951 g/mol. The van der Waals surface area contributed by atoms with Crippen LogP contribution in [0.1, 0.15) is 160 Å². The zero-order valence-corrected chi connectivity index (χ0v) is 41.8. The summed E-state index contributed by atoms with van der Waals surface area (Å²) in [4.78, 5) is 22.9. The van der Waals surface area contributed by atoms with E-state index in [1.54, 1.807) is 6.08 Å². The highest BCUT2D eigenvalue weighted by Crippen LogP contribution is 2.62. The smallest absolute Gasteiger partial charge is 0.410 e. The van der Waals surface area contributed by atoms with Crippen molar-refractivity contribution in [3.63, 3.8) is 0 Å². The average molecular weight is 951 g/mol. The van der Waals surface area contributed by atoms with Crippen LogP contribution in [-0.2, 0) is 19.0 Å². The lowest BCUT2D eigenvalue weighted by Crippen LogP contribution is -2.70. The van der Waals surface area contributed by atoms with Crippen molar-refractivity contribution in [2.75, 3.05) is 39.6 Å². The molecule has 2 heterocycles. The van der Waals surface area contributed by atoms with Gasteiger partial charge in [-0.15, -0.1) is 6.58 Å². The Bertz CT molecular complexity index is 2120. The van der Waals surface area contributed by atoms with Crippen molar-refractivity contribution < 1.29 is 43.5 Å². The molecule has 1 unspecified atom stereocenters. The predicted octanol–water partition coefficient (Wildman–Crippen LogP) is 13.6. The van der Waals surface area contributed by atoms with Crippen LogP contribution in [-0.4, -0.2) is 84.6 Å². The Morgan fingerprint density at radius 1 is 0.841 bits per heavy atom. The topological polar surface area (TPSA) is 129 Å². The summed E-state index contributed by atoms with van der Waals surface area (Å²) in [6, 6.07) is 19.9. The molecule has 0 spiro atoms. The van der Waals surface area contributed by atoms with E-state index < -0.39 is 24.0 Å². The number of rotatable bonds is 29. The van der Waals surface area contributed by atoms with E-state index in [-0.39, 0.29) is 43.7 Å². The summed E-state index contributed by atoms with van der Waals surface area (Å²) in [6.45, 7) is 10.2. The summed E-state index contributed by atoms with van der Waals surface area (Å²) in [5.41, 5.74) is 2.75. The predicted molar refractivity (Wildman–Crippen MR) is 274 cm³/mol. The summed E-state index contributed by atoms with van der Waals surface area (Å²) < 4.78 is 33.6. The second kappa shape index (κ2) is 27.3. The van der Waals surface area contributed by atoms with Crippen molar-refractivity contribution in [1.82, 2.24) is 4.90 Å². The Morgan fingerprint density at radius 3 is 2.29 bits per heavy atom. The van der Waals surface area contributed by atoms with Gasteiger partial charge in [-0.25, -0.2) is 4.79 Å². The number of fused-ring (bicyclic) bond motifs is 3. The largest absolute Gasteiger partial charge is 0.459 e. The molecule has 7 atom stereocenters. The molecular formula is C58H82N2O9. The van der Waals surface area contributed by atoms with E-state index in [1.807, 2.05) is 35.2 Å². The van der Waals surface area contributed by atoms with Crippen LogP contribution < -0.4 is 9.47 Å². The number of allylic oxidation sites excluding steroid dienone is 1. The van der Waals surface area contributed by atoms with Crippen LogP contribution in [0.4, 0.5) is 4.79 Å². The summed E-state index contributed by atoms with van der Waals surface area (Å²) >= 11 is 0. The van der Waals surface area contributed by atoms with Crippen LogP contribution in [0.3, 0.4) is 0 Å². The van der Waals surface area contributed by atoms with Gasteiger partial charge in [0.1, 0.15) is 23.3 Å². The molecule has 0 radical (unpaired) electrons. The van der Waals surface area contributed by atoms with Crippen LogP contribution in [0.2, 0.25) is 0 Å². The molecule has 69 heavy (non-hydrogen) atoms. The average Bonchev–Trinajstić information content (AvgIpc) is 3.37. The molecular weight excluding hydrogens is 869 g/mol. The summed E-state index contributed by atoms with van der Waals surface area (Å²) in [5, 5.41) is 27.3. The SMILES string of the molecule is C=CCO[C@@]12Oc3ccc(Oc4ccc5ccccc5c4)cc3[C@H]3[C@H](CCCCO)[C@@H](CCCCO)C=C(C(=NOC4CCCCO4)C[C@@H]1N(CCC)C(=O)OCCCCCCCCCCCC)[C@H]32. The fraction of sp³-hybridized carbons (Fsp3) is 0.621. The molecule has 0 aromatic heterocycles. The van der Waals surface area contributed by atoms with Crippen LogP contribution >= 0.6 is 0 Å². The van der Waals surface area contributed by atoms with Crippen molar-refractivity contribution >= 4 is 22.6 Å². The first-order valence-corrected chi connectivity index (χ1v) is 26.9. The van der Waals surface area contributed by atoms with Crippen molar-refractivity contribution in [3.8, 4) is 17.2 Å². The molecule has 1 saturated carbocycles. The molecule has 378 valence electrons. The van der Waals surface area contributed by atoms with E-state index in [1.165, 1.54) is 44.9 Å². The molecule has 3 aromatic rings. The lowest BCUT2D eigenvalue weighted by atomic mass is 9.55. The number of nitrogens with zero attached hydrogens (tertiary/aromatic N) is 2. The molecule has 2 N–H and O–H groups in total. The van der Waals surface area contributed by atoms with Gasteiger partial charge in [-0.2, -0.15) is 0 Å². The minimum atomic E-state index is -1.37. The Hall–Kier alpha value is -4.42. The van der Waals surface area contributed by atoms with Gasteiger partial charge < -0.3 is 38.7 Å². The molecule has 1 amide bonds. The van der Waals surface area contributed by atoms with Crippen LogP contribution in [0.25, 0.3) is 10.8 Å². The number of carbonyl (C=O) groups excluding carboxylic acids is 1. The molecule has 2 aliphatic carbocycles. The zero-order chi connectivity index (χ0) is 48.3. The molecule has 7 rings (SSSR count). The molecule has 2 aliphatic heterocycles. The minimum absolute atomic E-state index is 0.0831. The van der Waals surface area contributed by atoms with Crippen molar-refractivity contribution in [3.05, 3.63) is 90.5 Å². The van der Waals surface area contributed by atoms with Crippen LogP contribution in [0, 0.1) is 17.8 Å². The van der Waals surface area contributed by atoms with E-state index in [0.717, 1.165) is 97.6 Å². The second-order valence-electron chi connectivity index (χ2n) is 19.8. The van der Waals surface area contributed by atoms with E-state index in [9.17, 15) is 15.0 Å². The van der Waals surface area contributed by atoms with Crippen molar-refractivity contribution in [2.45, 2.75) is 173 Å². The van der Waals surface area contributed by atoms with Gasteiger partial charge in [-0.1, -0.05) is 132 Å². The number of oxime groups is 1. The summed E-state index contributed by atoms with van der Waals surface area (Å²) in [7, 11) is 0. The van der Waals surface area contributed by atoms with Gasteiger partial charge in [0.15, 0.2) is 0 Å². The molecule has 11 nitrogen and oxygen atoms in total. The Morgan fingerprint density at radius 2 is 1.57 bits per heavy atom. The minimum Gasteiger partial charge on any atom is -0.459 e. The molecule has 4 aliphatic rings. The first-order chi connectivity index (χ1) is 33.9. The fourth-order valence-corrected chi connectivity index (χ4v) is 11.4. The first-order valence-electron chi connectivity index (χ1n) is 26.9. The van der Waals surface area contributed by atoms with Crippen molar-refractivity contribution in [1.29, 1.82) is 0 Å². The summed E-state index contributed by atoms with van der Waals surface area (Å²) in [5.74, 6) is 0.316. The molecule has 11 heteroatoms. The molecule has 3 aromatic carbocycles. The number of hydrogen-bond donors (Lipinski definition) is 2. The molecule has 2 fully saturated rings. The number of benzene rings is 3. The lowest BCUT2D eigenvalue weighted by Gasteiger charge is -2.60. The number of unbranched alkanes of at least 4 members (excludes halogenated alkanes) is 11. The number of carbonyl (C=O) groups is 1. The summed E-state index contributed by atoms with van der Waals surface area (Å²) in [6.07, 6.45) is 23.7. The Labute approximate surface area is 412 Å². The number of aliphatic hydroxyl groups excluding tert-OH is 2. The number of aliphatic hydroxyl groups is 2. The quantitative estimate of drug-likeness (QED) is 0.0397. The third-order valence-corrected chi connectivity index (χ3v) is 14.8. The normalized spacial score (nSPS) is 24.5. The second-order valence-corrected chi connectivity index (χ2v) is 19.8. The number of hydrogen-bond acceptors (Lipinski definition) is 10. The highest BCUT2D eigenvalue weighted by Gasteiger charge is 2.65. The van der Waals surface area contributed by atoms with E-state index >= 15 is 0 Å². The van der Waals surface area contributed by atoms with Gasteiger partial charge in [0.25, 0.3) is 0 Å². The van der Waals surface area contributed by atoms with Gasteiger partial charge in [0.05, 0.1) is 31.5 Å². The van der Waals surface area contributed by atoms with Gasteiger partial charge >= 0.3 is 6.09 Å². The standard InChI is InChI=1S/C58H82N2O9/c1-4-7-8-9-10-11-12-13-14-22-38-65-57(63)60(33-5-2)53-42-51(59-69-54-28-19-23-37-64-54)49-40-45(26-17-20-34-61)48(27-18-21-35-62)55-50-41-47(67-46-30-29-43-24-15-16-25-44(43)39-46)31-32-52(50)68-58(53,56(49)55)66-36-6-3/h6,15-16,24-25,29-32,39-41,45,48,53-56,61-62H,3-5,7-14,17-23,26-28,33-38,42H2,1-2H3/t45-,48+,53-,54?,55+,56+,58+/m0/s1. The lowest BCUT2D eigenvalue weighted by molar-refractivity contribution is -0.255. The molecule has 0 bridgehead atoms. The van der Waals surface area contributed by atoms with Gasteiger partial charge in [-0.05, 0) is 110 Å². The van der Waals surface area contributed by atoms with Crippen LogP contribution in [0.5, 0.6) is 17.2 Å². The maximum atomic E-state index is 14.7. The van der Waals surface area contributed by atoms with E-state index in [0.29, 0.717) is 56.9 Å². The maximum absolute atomic E-state index is 14.7. The van der Waals surface area contributed by atoms with E-state index in [4.69, 9.17) is 33.7 Å². The van der Waals surface area contributed by atoms with Crippen LogP contribution in [0.15, 0.2) is 90.1 Å². The van der Waals surface area contributed by atoms with Gasteiger partial charge in [0, 0.05) is 44.1 Å². The third-order valence-electron chi connectivity index (χ3n) is 14.8. The Kier molecular flexibility index (Phi) is 20.7. The fourth-order valence-electron chi connectivity index (χ4n) is 11.4.